The molecule has 2 rings (SSSR count). The molecule has 0 spiro atoms. The summed E-state index contributed by atoms with van der Waals surface area (Å²) in [5.41, 5.74) is 11.6. The molecule has 1 heterocycles. The number of ether oxygens (including phenoxy) is 1. The lowest BCUT2D eigenvalue weighted by atomic mass is 10.1. The average molecular weight is 295 g/mol. The lowest BCUT2D eigenvalue weighted by Crippen LogP contribution is -2.16. The molecule has 1 fully saturated rings. The summed E-state index contributed by atoms with van der Waals surface area (Å²) in [7, 11) is 1.39. The van der Waals surface area contributed by atoms with Gasteiger partial charge in [0.15, 0.2) is 0 Å². The monoisotopic (exact) mass is 295 g/mol. The van der Waals surface area contributed by atoms with Gasteiger partial charge in [0.1, 0.15) is 5.03 Å². The van der Waals surface area contributed by atoms with Crippen LogP contribution in [0.15, 0.2) is 17.3 Å². The molecule has 108 valence electrons. The van der Waals surface area contributed by atoms with Crippen molar-refractivity contribution in [2.75, 3.05) is 18.6 Å². The van der Waals surface area contributed by atoms with Crippen molar-refractivity contribution in [2.45, 2.75) is 24.3 Å². The Bertz CT molecular complexity index is 544. The number of amides is 1. The van der Waals surface area contributed by atoms with Gasteiger partial charge in [-0.1, -0.05) is 0 Å². The van der Waals surface area contributed by atoms with Crippen LogP contribution in [0.5, 0.6) is 0 Å². The van der Waals surface area contributed by atoms with E-state index in [1.165, 1.54) is 31.1 Å². The first kappa shape index (κ1) is 14.6. The number of primary amides is 1. The van der Waals surface area contributed by atoms with E-state index in [0.717, 1.165) is 12.8 Å². The number of aromatic nitrogens is 1. The second kappa shape index (κ2) is 5.70. The van der Waals surface area contributed by atoms with Crippen LogP contribution in [0.2, 0.25) is 0 Å². The van der Waals surface area contributed by atoms with Crippen LogP contribution >= 0.6 is 11.8 Å². The first-order chi connectivity index (χ1) is 9.46. The van der Waals surface area contributed by atoms with Gasteiger partial charge in [0.2, 0.25) is 0 Å². The first-order valence-electron chi connectivity index (χ1n) is 6.21. The molecule has 6 nitrogen and oxygen atoms in total. The Morgan fingerprint density at radius 2 is 2.20 bits per heavy atom. The quantitative estimate of drug-likeness (QED) is 0.603. The van der Waals surface area contributed by atoms with Crippen LogP contribution in [0.25, 0.3) is 0 Å². The minimum Gasteiger partial charge on any atom is -0.469 e. The van der Waals surface area contributed by atoms with Gasteiger partial charge in [-0.25, -0.2) is 4.98 Å². The van der Waals surface area contributed by atoms with Gasteiger partial charge in [0.25, 0.3) is 5.91 Å². The van der Waals surface area contributed by atoms with Crippen molar-refractivity contribution in [1.29, 1.82) is 0 Å². The molecule has 20 heavy (non-hydrogen) atoms. The van der Waals surface area contributed by atoms with Gasteiger partial charge in [-0.3, -0.25) is 9.59 Å². The number of pyridine rings is 1. The molecular formula is C13H17N3O3S. The van der Waals surface area contributed by atoms with Gasteiger partial charge in [-0.2, -0.15) is 0 Å². The molecule has 7 heteroatoms. The molecule has 0 saturated heterocycles. The van der Waals surface area contributed by atoms with Crippen LogP contribution in [0.3, 0.4) is 0 Å². The Balaban J connectivity index is 2.04. The lowest BCUT2D eigenvalue weighted by Gasteiger charge is -2.13. The van der Waals surface area contributed by atoms with Crippen LogP contribution in [0, 0.1) is 5.41 Å². The molecule has 1 amide bonds. The van der Waals surface area contributed by atoms with Crippen LogP contribution in [-0.4, -0.2) is 29.7 Å². The van der Waals surface area contributed by atoms with Crippen molar-refractivity contribution in [1.82, 2.24) is 4.98 Å². The van der Waals surface area contributed by atoms with Gasteiger partial charge in [-0.15, -0.1) is 11.8 Å². The maximum absolute atomic E-state index is 11.4. The van der Waals surface area contributed by atoms with E-state index >= 15 is 0 Å². The molecule has 4 N–H and O–H groups in total. The summed E-state index contributed by atoms with van der Waals surface area (Å²) in [5, 5.41) is 0.558. The van der Waals surface area contributed by atoms with Crippen LogP contribution in [-0.2, 0) is 9.53 Å². The third kappa shape index (κ3) is 3.41. The highest BCUT2D eigenvalue weighted by Crippen LogP contribution is 2.52. The van der Waals surface area contributed by atoms with E-state index in [9.17, 15) is 9.59 Å². The maximum atomic E-state index is 11.4. The molecule has 0 unspecified atom stereocenters. The predicted octanol–water partition coefficient (Wildman–Crippen LogP) is 1.20. The number of nitrogens with zero attached hydrogens (tertiary/aromatic N) is 1. The molecule has 1 aliphatic rings. The molecule has 1 aromatic rings. The van der Waals surface area contributed by atoms with Gasteiger partial charge >= 0.3 is 5.97 Å². The maximum Gasteiger partial charge on any atom is 0.306 e. The molecular weight excluding hydrogens is 278 g/mol. The SMILES string of the molecule is COC(=O)CC1(CSc2ncc(N)cc2C(N)=O)CC1. The zero-order chi connectivity index (χ0) is 14.8. The smallest absolute Gasteiger partial charge is 0.306 e. The molecule has 0 aromatic carbocycles. The van der Waals surface area contributed by atoms with Gasteiger partial charge in [-0.05, 0) is 24.3 Å². The number of hydrogen-bond donors (Lipinski definition) is 2. The third-order valence-electron chi connectivity index (χ3n) is 3.36. The number of nitrogens with two attached hydrogens (primary N) is 2. The fourth-order valence-electron chi connectivity index (χ4n) is 1.91. The van der Waals surface area contributed by atoms with E-state index in [1.807, 2.05) is 0 Å². The Labute approximate surface area is 121 Å². The van der Waals surface area contributed by atoms with Crippen LogP contribution in [0.4, 0.5) is 5.69 Å². The average Bonchev–Trinajstić information content (AvgIpc) is 3.17. The number of anilines is 1. The summed E-state index contributed by atoms with van der Waals surface area (Å²) < 4.78 is 4.70. The predicted molar refractivity (Wildman–Crippen MR) is 76.2 cm³/mol. The normalized spacial score (nSPS) is 15.7. The van der Waals surface area contributed by atoms with E-state index in [-0.39, 0.29) is 11.4 Å². The molecule has 0 atom stereocenters. The van der Waals surface area contributed by atoms with Gasteiger partial charge in [0.05, 0.1) is 31.0 Å². The fourth-order valence-corrected chi connectivity index (χ4v) is 3.18. The van der Waals surface area contributed by atoms with Gasteiger partial charge in [0, 0.05) is 5.75 Å². The van der Waals surface area contributed by atoms with Crippen LogP contribution in [0.1, 0.15) is 29.6 Å². The minimum atomic E-state index is -0.551. The number of carbonyl (C=O) groups excluding carboxylic acids is 2. The molecule has 1 aromatic heterocycles. The van der Waals surface area contributed by atoms with E-state index in [4.69, 9.17) is 16.2 Å². The topological polar surface area (TPSA) is 108 Å². The van der Waals surface area contributed by atoms with Crippen molar-refractivity contribution in [3.05, 3.63) is 17.8 Å². The lowest BCUT2D eigenvalue weighted by molar-refractivity contribution is -0.141. The second-order valence-corrected chi connectivity index (χ2v) is 5.99. The van der Waals surface area contributed by atoms with Crippen molar-refractivity contribution in [3.8, 4) is 0 Å². The number of thioether (sulfide) groups is 1. The second-order valence-electron chi connectivity index (χ2n) is 5.03. The van der Waals surface area contributed by atoms with E-state index in [2.05, 4.69) is 4.98 Å². The zero-order valence-electron chi connectivity index (χ0n) is 11.2. The first-order valence-corrected chi connectivity index (χ1v) is 7.19. The van der Waals surface area contributed by atoms with Crippen molar-refractivity contribution < 1.29 is 14.3 Å². The van der Waals surface area contributed by atoms with Crippen LogP contribution < -0.4 is 11.5 Å². The van der Waals surface area contributed by atoms with Gasteiger partial charge < -0.3 is 16.2 Å². The fraction of sp³-hybridized carbons (Fsp3) is 0.462. The summed E-state index contributed by atoms with van der Waals surface area (Å²) in [5.74, 6) is -0.0483. The highest BCUT2D eigenvalue weighted by atomic mass is 32.2. The Kier molecular flexibility index (Phi) is 4.17. The van der Waals surface area contributed by atoms with Crippen molar-refractivity contribution in [3.63, 3.8) is 0 Å². The molecule has 0 bridgehead atoms. The summed E-state index contributed by atoms with van der Waals surface area (Å²) in [6, 6.07) is 1.53. The Morgan fingerprint density at radius 1 is 1.50 bits per heavy atom. The van der Waals surface area contributed by atoms with E-state index in [0.29, 0.717) is 28.5 Å². The third-order valence-corrected chi connectivity index (χ3v) is 4.71. The number of carbonyl (C=O) groups is 2. The largest absolute Gasteiger partial charge is 0.469 e. The zero-order valence-corrected chi connectivity index (χ0v) is 12.0. The number of esters is 1. The number of methoxy groups -OCH3 is 1. The summed E-state index contributed by atoms with van der Waals surface area (Å²) in [6.45, 7) is 0. The Morgan fingerprint density at radius 3 is 2.75 bits per heavy atom. The highest BCUT2D eigenvalue weighted by Gasteiger charge is 2.44. The molecule has 0 aliphatic heterocycles. The number of nitrogen functional groups attached to an aromatic ring is 1. The highest BCUT2D eigenvalue weighted by molar-refractivity contribution is 7.99. The molecule has 1 saturated carbocycles. The summed E-state index contributed by atoms with van der Waals surface area (Å²) in [6.07, 6.45) is 3.86. The Hall–Kier alpha value is -1.76. The standard InChI is InChI=1S/C13H17N3O3S/c1-19-10(17)5-13(2-3-13)7-20-12-9(11(15)18)4-8(14)6-16-12/h4,6H,2-3,5,7,14H2,1H3,(H2,15,18). The van der Waals surface area contributed by atoms with E-state index < -0.39 is 5.91 Å². The van der Waals surface area contributed by atoms with Crippen molar-refractivity contribution in [2.24, 2.45) is 11.1 Å². The number of rotatable bonds is 6. The molecule has 1 aliphatic carbocycles. The number of hydrogen-bond acceptors (Lipinski definition) is 6. The van der Waals surface area contributed by atoms with E-state index in [1.54, 1.807) is 0 Å². The summed E-state index contributed by atoms with van der Waals surface area (Å²) in [4.78, 5) is 26.9. The molecule has 0 radical (unpaired) electrons. The minimum absolute atomic E-state index is 0.0320. The summed E-state index contributed by atoms with van der Waals surface area (Å²) >= 11 is 1.43. The van der Waals surface area contributed by atoms with Crippen molar-refractivity contribution >= 4 is 29.3 Å².